The van der Waals surface area contributed by atoms with Crippen LogP contribution in [0.3, 0.4) is 0 Å². The number of aromatic nitrogens is 7. The number of thiophene rings is 1. The largest absolute Gasteiger partial charge is 0.434 e. The minimum absolute atomic E-state index is 0.0702. The summed E-state index contributed by atoms with van der Waals surface area (Å²) in [6.45, 7) is 0.969. The Kier molecular flexibility index (Phi) is 6.20. The van der Waals surface area contributed by atoms with E-state index in [1.54, 1.807) is 11.4 Å². The fourth-order valence-corrected chi connectivity index (χ4v) is 5.57. The SMILES string of the molecule is O=C(Nc1cnc(-n2nccn2)c(Cl)c1)c1cnn(-c2cnc(N3CC[C@@H](O)C3)c3sccc23)c1C(F)(F)F. The number of aliphatic hydroxyl groups is 1. The van der Waals surface area contributed by atoms with Crippen molar-refractivity contribution in [3.63, 3.8) is 0 Å². The molecular weight excluding hydrogens is 559 g/mol. The normalized spacial score (nSPS) is 15.8. The molecule has 200 valence electrons. The summed E-state index contributed by atoms with van der Waals surface area (Å²) in [6, 6.07) is 3.01. The molecule has 0 aliphatic carbocycles. The highest BCUT2D eigenvalue weighted by Gasteiger charge is 2.41. The summed E-state index contributed by atoms with van der Waals surface area (Å²) in [6.07, 6.45) is 1.40. The van der Waals surface area contributed by atoms with Gasteiger partial charge in [-0.25, -0.2) is 14.6 Å². The molecule has 0 unspecified atom stereocenters. The lowest BCUT2D eigenvalue weighted by atomic mass is 10.2. The van der Waals surface area contributed by atoms with Crippen LogP contribution in [0.5, 0.6) is 0 Å². The molecular formula is C23H17ClF3N9O2S. The Balaban J connectivity index is 1.36. The Morgan fingerprint density at radius 1 is 1.13 bits per heavy atom. The number of halogens is 4. The number of carbonyl (C=O) groups is 1. The van der Waals surface area contributed by atoms with Crippen LogP contribution in [0.25, 0.3) is 21.6 Å². The van der Waals surface area contributed by atoms with Gasteiger partial charge < -0.3 is 15.3 Å². The molecule has 0 aromatic carbocycles. The molecule has 1 saturated heterocycles. The fourth-order valence-electron chi connectivity index (χ4n) is 4.40. The number of rotatable bonds is 5. The zero-order chi connectivity index (χ0) is 27.3. The molecule has 6 rings (SSSR count). The second-order valence-corrected chi connectivity index (χ2v) is 9.96. The van der Waals surface area contributed by atoms with Crippen molar-refractivity contribution >= 4 is 50.4 Å². The Hall–Kier alpha value is -4.08. The molecule has 1 fully saturated rings. The molecule has 1 atom stereocenters. The minimum atomic E-state index is -4.92. The lowest BCUT2D eigenvalue weighted by Crippen LogP contribution is -2.23. The van der Waals surface area contributed by atoms with Crippen LogP contribution in [0.4, 0.5) is 24.7 Å². The van der Waals surface area contributed by atoms with Crippen molar-refractivity contribution in [3.05, 3.63) is 64.8 Å². The van der Waals surface area contributed by atoms with Crippen molar-refractivity contribution in [2.75, 3.05) is 23.3 Å². The molecule has 0 radical (unpaired) electrons. The van der Waals surface area contributed by atoms with E-state index in [0.29, 0.717) is 40.1 Å². The first-order valence-electron chi connectivity index (χ1n) is 11.5. The zero-order valence-electron chi connectivity index (χ0n) is 19.7. The van der Waals surface area contributed by atoms with E-state index in [0.717, 1.165) is 11.0 Å². The Morgan fingerprint density at radius 2 is 1.90 bits per heavy atom. The number of β-amino-alcohol motifs (C(OH)–C–C–N with tert-alkyl or cyclic N) is 1. The first-order valence-corrected chi connectivity index (χ1v) is 12.7. The Morgan fingerprint density at radius 3 is 2.59 bits per heavy atom. The number of anilines is 2. The minimum Gasteiger partial charge on any atom is -0.391 e. The van der Waals surface area contributed by atoms with Crippen LogP contribution in [0, 0.1) is 0 Å². The molecule has 5 aromatic heterocycles. The second-order valence-electron chi connectivity index (χ2n) is 8.64. The number of carbonyl (C=O) groups excluding carboxylic acids is 1. The smallest absolute Gasteiger partial charge is 0.391 e. The van der Waals surface area contributed by atoms with E-state index < -0.39 is 29.4 Å². The number of nitrogens with one attached hydrogen (secondary N) is 1. The maximum atomic E-state index is 14.4. The third-order valence-corrected chi connectivity index (χ3v) is 7.30. The lowest BCUT2D eigenvalue weighted by molar-refractivity contribution is -0.143. The molecule has 0 saturated carbocycles. The van der Waals surface area contributed by atoms with E-state index in [4.69, 9.17) is 11.6 Å². The third-order valence-electron chi connectivity index (χ3n) is 6.11. The molecule has 16 heteroatoms. The van der Waals surface area contributed by atoms with Gasteiger partial charge in [-0.3, -0.25) is 4.79 Å². The van der Waals surface area contributed by atoms with Gasteiger partial charge in [-0.2, -0.15) is 28.5 Å². The molecule has 2 N–H and O–H groups in total. The lowest BCUT2D eigenvalue weighted by Gasteiger charge is -2.19. The fraction of sp³-hybridized carbons (Fsp3) is 0.217. The van der Waals surface area contributed by atoms with Crippen LogP contribution in [0.1, 0.15) is 22.5 Å². The van der Waals surface area contributed by atoms with Gasteiger partial charge in [0.25, 0.3) is 5.91 Å². The summed E-state index contributed by atoms with van der Waals surface area (Å²) in [5, 5.41) is 26.4. The van der Waals surface area contributed by atoms with Crippen LogP contribution in [-0.2, 0) is 6.18 Å². The molecule has 11 nitrogen and oxygen atoms in total. The Bertz CT molecular complexity index is 1690. The van der Waals surface area contributed by atoms with Crippen LogP contribution in [0.2, 0.25) is 5.02 Å². The van der Waals surface area contributed by atoms with Crippen LogP contribution < -0.4 is 10.2 Å². The summed E-state index contributed by atoms with van der Waals surface area (Å²) < 4.78 is 44.4. The monoisotopic (exact) mass is 575 g/mol. The topological polar surface area (TPSA) is 127 Å². The summed E-state index contributed by atoms with van der Waals surface area (Å²) in [4.78, 5) is 24.6. The molecule has 0 bridgehead atoms. The number of pyridine rings is 2. The first kappa shape index (κ1) is 25.2. The number of hydrogen-bond acceptors (Lipinski definition) is 9. The molecule has 6 heterocycles. The van der Waals surface area contributed by atoms with Crippen LogP contribution >= 0.6 is 22.9 Å². The highest BCUT2D eigenvalue weighted by atomic mass is 35.5. The zero-order valence-corrected chi connectivity index (χ0v) is 21.2. The number of nitrogens with zero attached hydrogens (tertiary/aromatic N) is 8. The number of aliphatic hydroxyl groups excluding tert-OH is 1. The summed E-state index contributed by atoms with van der Waals surface area (Å²) >= 11 is 7.54. The van der Waals surface area contributed by atoms with Gasteiger partial charge in [0.2, 0.25) is 0 Å². The summed E-state index contributed by atoms with van der Waals surface area (Å²) in [5.74, 6) is -0.284. The maximum Gasteiger partial charge on any atom is 0.434 e. The molecule has 1 amide bonds. The standard InChI is InChI=1S/C23H17ClF3N9O2S/c24-16-7-12(8-28-20(16)36-30-3-4-31-36)33-22(38)15-9-32-35(19(15)23(25,26)27)17-10-29-21(18-14(17)2-6-39-18)34-5-1-13(37)11-34/h2-4,6-10,13,37H,1,5,11H2,(H,33,38)/t13-/m1/s1. The van der Waals surface area contributed by atoms with Crippen molar-refractivity contribution in [1.82, 2.24) is 34.7 Å². The number of amides is 1. The highest BCUT2D eigenvalue weighted by molar-refractivity contribution is 7.17. The molecule has 1 aliphatic rings. The maximum absolute atomic E-state index is 14.4. The van der Waals surface area contributed by atoms with Crippen molar-refractivity contribution < 1.29 is 23.1 Å². The molecule has 0 spiro atoms. The van der Waals surface area contributed by atoms with Crippen LogP contribution in [-0.4, -0.2) is 64.9 Å². The van der Waals surface area contributed by atoms with Gasteiger partial charge >= 0.3 is 6.18 Å². The van der Waals surface area contributed by atoms with Gasteiger partial charge in [0.05, 0.1) is 63.7 Å². The van der Waals surface area contributed by atoms with E-state index >= 15 is 0 Å². The van der Waals surface area contributed by atoms with Crippen LogP contribution in [0.15, 0.2) is 48.5 Å². The van der Waals surface area contributed by atoms with Gasteiger partial charge in [-0.1, -0.05) is 11.6 Å². The first-order chi connectivity index (χ1) is 18.7. The number of alkyl halides is 3. The molecule has 1 aliphatic heterocycles. The predicted molar refractivity (Wildman–Crippen MR) is 137 cm³/mol. The number of fused-ring (bicyclic) bond motifs is 1. The van der Waals surface area contributed by atoms with Gasteiger partial charge in [-0.15, -0.1) is 16.1 Å². The quantitative estimate of drug-likeness (QED) is 0.322. The second kappa shape index (κ2) is 9.59. The average molecular weight is 576 g/mol. The van der Waals surface area contributed by atoms with Gasteiger partial charge in [0.15, 0.2) is 11.5 Å². The van der Waals surface area contributed by atoms with Crippen molar-refractivity contribution in [3.8, 4) is 11.5 Å². The van der Waals surface area contributed by atoms with Gasteiger partial charge in [0.1, 0.15) is 5.82 Å². The summed E-state index contributed by atoms with van der Waals surface area (Å²) in [5.41, 5.74) is -1.80. The van der Waals surface area contributed by atoms with E-state index in [1.165, 1.54) is 42.2 Å². The van der Waals surface area contributed by atoms with Crippen molar-refractivity contribution in [2.45, 2.75) is 18.7 Å². The van der Waals surface area contributed by atoms with Crippen molar-refractivity contribution in [2.24, 2.45) is 0 Å². The van der Waals surface area contributed by atoms with Crippen molar-refractivity contribution in [1.29, 1.82) is 0 Å². The van der Waals surface area contributed by atoms with E-state index in [2.05, 4.69) is 30.6 Å². The number of hydrogen-bond donors (Lipinski definition) is 2. The van der Waals surface area contributed by atoms with E-state index in [9.17, 15) is 23.1 Å². The Labute approximate surface area is 226 Å². The summed E-state index contributed by atoms with van der Waals surface area (Å²) in [7, 11) is 0. The van der Waals surface area contributed by atoms with E-state index in [-0.39, 0.29) is 22.2 Å². The van der Waals surface area contributed by atoms with Gasteiger partial charge in [-0.05, 0) is 23.9 Å². The molecule has 39 heavy (non-hydrogen) atoms. The predicted octanol–water partition coefficient (Wildman–Crippen LogP) is 3.95. The van der Waals surface area contributed by atoms with Gasteiger partial charge in [0, 0.05) is 18.5 Å². The van der Waals surface area contributed by atoms with E-state index in [1.807, 2.05) is 4.90 Å². The third kappa shape index (κ3) is 4.57. The highest BCUT2D eigenvalue weighted by Crippen LogP contribution is 2.39. The average Bonchev–Trinajstić information content (AvgIpc) is 3.70. The molecule has 5 aromatic rings.